The van der Waals surface area contributed by atoms with Crippen molar-refractivity contribution in [3.63, 3.8) is 0 Å². The molecule has 0 saturated carbocycles. The molecule has 1 aromatic carbocycles. The van der Waals surface area contributed by atoms with Gasteiger partial charge in [-0.05, 0) is 18.2 Å². The van der Waals surface area contributed by atoms with Crippen LogP contribution in [0.15, 0.2) is 35.1 Å². The molecule has 0 radical (unpaired) electrons. The molecule has 0 aliphatic rings. The molecule has 0 saturated heterocycles. The van der Waals surface area contributed by atoms with Crippen LogP contribution >= 0.6 is 15.9 Å². The predicted molar refractivity (Wildman–Crippen MR) is 64.1 cm³/mol. The summed E-state index contributed by atoms with van der Waals surface area (Å²) in [5, 5.41) is 0. The molecule has 0 aliphatic carbocycles. The molecule has 0 aliphatic heterocycles. The zero-order valence-corrected chi connectivity index (χ0v) is 10.3. The van der Waals surface area contributed by atoms with Crippen molar-refractivity contribution >= 4 is 15.9 Å². The van der Waals surface area contributed by atoms with Crippen molar-refractivity contribution in [2.24, 2.45) is 5.73 Å². The Morgan fingerprint density at radius 3 is 2.76 bits per heavy atom. The highest BCUT2D eigenvalue weighted by Gasteiger charge is 2.09. The topological polar surface area (TPSA) is 61.0 Å². The molecule has 2 aromatic rings. The molecule has 2 rings (SSSR count). The number of ether oxygens (including phenoxy) is 1. The molecule has 1 aromatic heterocycles. The third-order valence-electron chi connectivity index (χ3n) is 2.03. The Morgan fingerprint density at radius 2 is 2.06 bits per heavy atom. The molecule has 2 N–H and O–H groups in total. The zero-order valence-electron chi connectivity index (χ0n) is 8.73. The van der Waals surface area contributed by atoms with E-state index in [0.717, 1.165) is 0 Å². The van der Waals surface area contributed by atoms with Crippen LogP contribution in [-0.2, 0) is 6.54 Å². The van der Waals surface area contributed by atoms with Crippen molar-refractivity contribution in [2.45, 2.75) is 6.54 Å². The number of nitrogens with two attached hydrogens (primary N) is 1. The van der Waals surface area contributed by atoms with E-state index < -0.39 is 5.82 Å². The maximum atomic E-state index is 13.5. The van der Waals surface area contributed by atoms with Crippen LogP contribution in [0.5, 0.6) is 11.6 Å². The van der Waals surface area contributed by atoms with Crippen LogP contribution in [-0.4, -0.2) is 9.97 Å². The van der Waals surface area contributed by atoms with Gasteiger partial charge < -0.3 is 10.5 Å². The lowest BCUT2D eigenvalue weighted by molar-refractivity contribution is 0.419. The van der Waals surface area contributed by atoms with Gasteiger partial charge in [-0.25, -0.2) is 9.37 Å². The van der Waals surface area contributed by atoms with Gasteiger partial charge in [-0.15, -0.1) is 0 Å². The number of nitrogens with zero attached hydrogens (tertiary/aromatic N) is 2. The Kier molecular flexibility index (Phi) is 3.65. The van der Waals surface area contributed by atoms with E-state index in [2.05, 4.69) is 25.9 Å². The van der Waals surface area contributed by atoms with E-state index >= 15 is 0 Å². The number of hydrogen-bond acceptors (Lipinski definition) is 4. The predicted octanol–water partition coefficient (Wildman–Crippen LogP) is 2.63. The lowest BCUT2D eigenvalue weighted by Crippen LogP contribution is -2.04. The van der Waals surface area contributed by atoms with Gasteiger partial charge in [0.05, 0.1) is 0 Å². The Morgan fingerprint density at radius 1 is 1.29 bits per heavy atom. The van der Waals surface area contributed by atoms with E-state index in [1.165, 1.54) is 24.5 Å². The summed E-state index contributed by atoms with van der Waals surface area (Å²) in [7, 11) is 0. The maximum Gasteiger partial charge on any atom is 0.242 e. The highest BCUT2D eigenvalue weighted by molar-refractivity contribution is 9.10. The second-order valence-electron chi connectivity index (χ2n) is 3.19. The molecule has 6 heteroatoms. The summed E-state index contributed by atoms with van der Waals surface area (Å²) >= 11 is 3.17. The van der Waals surface area contributed by atoms with Crippen LogP contribution in [0.2, 0.25) is 0 Å². The average molecular weight is 298 g/mol. The van der Waals surface area contributed by atoms with Gasteiger partial charge in [-0.3, -0.25) is 4.98 Å². The molecule has 0 fully saturated rings. The summed E-state index contributed by atoms with van der Waals surface area (Å²) in [6.45, 7) is 0.182. The average Bonchev–Trinajstić information content (AvgIpc) is 2.33. The van der Waals surface area contributed by atoms with Gasteiger partial charge in [0.1, 0.15) is 5.69 Å². The summed E-state index contributed by atoms with van der Waals surface area (Å²) in [5.74, 6) is -0.173. The lowest BCUT2D eigenvalue weighted by Gasteiger charge is -2.08. The van der Waals surface area contributed by atoms with Gasteiger partial charge in [0.15, 0.2) is 11.6 Å². The van der Waals surface area contributed by atoms with Gasteiger partial charge in [-0.1, -0.05) is 15.9 Å². The normalized spacial score (nSPS) is 10.3. The first-order valence-electron chi connectivity index (χ1n) is 4.83. The van der Waals surface area contributed by atoms with E-state index in [1.807, 2.05) is 0 Å². The van der Waals surface area contributed by atoms with Crippen LogP contribution in [0.25, 0.3) is 0 Å². The molecular weight excluding hydrogens is 289 g/mol. The fraction of sp³-hybridized carbons (Fsp3) is 0.0909. The molecule has 0 atom stereocenters. The van der Waals surface area contributed by atoms with E-state index in [4.69, 9.17) is 10.5 Å². The van der Waals surface area contributed by atoms with Crippen molar-refractivity contribution in [2.75, 3.05) is 0 Å². The third kappa shape index (κ3) is 2.78. The molecule has 0 amide bonds. The summed E-state index contributed by atoms with van der Waals surface area (Å²) in [6, 6.07) is 4.50. The van der Waals surface area contributed by atoms with Gasteiger partial charge in [0.25, 0.3) is 0 Å². The number of benzene rings is 1. The van der Waals surface area contributed by atoms with Crippen LogP contribution < -0.4 is 10.5 Å². The van der Waals surface area contributed by atoms with Crippen LogP contribution in [0.4, 0.5) is 4.39 Å². The number of aromatic nitrogens is 2. The Balaban J connectivity index is 2.31. The fourth-order valence-electron chi connectivity index (χ4n) is 1.24. The summed E-state index contributed by atoms with van der Waals surface area (Å²) in [6.07, 6.45) is 2.97. The minimum atomic E-state index is -0.479. The summed E-state index contributed by atoms with van der Waals surface area (Å²) in [4.78, 5) is 7.96. The van der Waals surface area contributed by atoms with E-state index in [1.54, 1.807) is 6.07 Å². The van der Waals surface area contributed by atoms with Gasteiger partial charge >= 0.3 is 0 Å². The fourth-order valence-corrected chi connectivity index (χ4v) is 1.57. The van der Waals surface area contributed by atoms with Crippen molar-refractivity contribution < 1.29 is 9.13 Å². The smallest absolute Gasteiger partial charge is 0.242 e. The molecular formula is C11H9BrFN3O. The van der Waals surface area contributed by atoms with E-state index in [-0.39, 0.29) is 18.2 Å². The zero-order chi connectivity index (χ0) is 12.3. The first-order valence-corrected chi connectivity index (χ1v) is 5.63. The summed E-state index contributed by atoms with van der Waals surface area (Å²) in [5.41, 5.74) is 5.96. The number of rotatable bonds is 3. The Bertz CT molecular complexity index is 536. The van der Waals surface area contributed by atoms with Crippen LogP contribution in [0.3, 0.4) is 0 Å². The van der Waals surface area contributed by atoms with E-state index in [0.29, 0.717) is 10.2 Å². The largest absolute Gasteiger partial charge is 0.434 e. The van der Waals surface area contributed by atoms with Gasteiger partial charge in [0, 0.05) is 23.4 Å². The van der Waals surface area contributed by atoms with Crippen LogP contribution in [0, 0.1) is 5.82 Å². The highest BCUT2D eigenvalue weighted by atomic mass is 79.9. The van der Waals surface area contributed by atoms with E-state index in [9.17, 15) is 4.39 Å². The Labute approximate surface area is 106 Å². The maximum absolute atomic E-state index is 13.5. The van der Waals surface area contributed by atoms with Crippen molar-refractivity contribution in [3.8, 4) is 11.6 Å². The molecule has 4 nitrogen and oxygen atoms in total. The minimum Gasteiger partial charge on any atom is -0.434 e. The van der Waals surface area contributed by atoms with Crippen LogP contribution in [0.1, 0.15) is 5.69 Å². The molecule has 88 valence electrons. The van der Waals surface area contributed by atoms with Crippen molar-refractivity contribution in [1.82, 2.24) is 9.97 Å². The molecule has 0 spiro atoms. The minimum absolute atomic E-state index is 0.0865. The third-order valence-corrected chi connectivity index (χ3v) is 2.52. The number of halogens is 2. The first kappa shape index (κ1) is 11.9. The van der Waals surface area contributed by atoms with Crippen molar-refractivity contribution in [3.05, 3.63) is 46.6 Å². The molecule has 0 bridgehead atoms. The molecule has 0 unspecified atom stereocenters. The first-order chi connectivity index (χ1) is 8.20. The summed E-state index contributed by atoms with van der Waals surface area (Å²) < 4.78 is 19.5. The lowest BCUT2D eigenvalue weighted by atomic mass is 10.3. The SMILES string of the molecule is NCc1nccnc1Oc1ccc(Br)cc1F. The van der Waals surface area contributed by atoms with Gasteiger partial charge in [-0.2, -0.15) is 0 Å². The standard InChI is InChI=1S/C11H9BrFN3O/c12-7-1-2-10(8(13)5-7)17-11-9(6-14)15-3-4-16-11/h1-5H,6,14H2. The monoisotopic (exact) mass is 297 g/mol. The highest BCUT2D eigenvalue weighted by Crippen LogP contribution is 2.26. The van der Waals surface area contributed by atoms with Crippen molar-refractivity contribution in [1.29, 1.82) is 0 Å². The molecule has 17 heavy (non-hydrogen) atoms. The van der Waals surface area contributed by atoms with Gasteiger partial charge in [0.2, 0.25) is 5.88 Å². The second-order valence-corrected chi connectivity index (χ2v) is 4.10. The Hall–Kier alpha value is -1.53. The quantitative estimate of drug-likeness (QED) is 0.946. The molecule has 1 heterocycles. The second kappa shape index (κ2) is 5.20. The number of hydrogen-bond donors (Lipinski definition) is 1.